The minimum absolute atomic E-state index is 0.158. The summed E-state index contributed by atoms with van der Waals surface area (Å²) in [6.07, 6.45) is 2.63. The number of hydrogen-bond acceptors (Lipinski definition) is 5. The van der Waals surface area contributed by atoms with E-state index >= 15 is 0 Å². The number of amides is 1. The molecule has 2 aromatic heterocycles. The average Bonchev–Trinajstić information content (AvgIpc) is 2.73. The molecule has 2 fully saturated rings. The van der Waals surface area contributed by atoms with Crippen LogP contribution in [-0.2, 0) is 0 Å². The van der Waals surface area contributed by atoms with Gasteiger partial charge in [0.15, 0.2) is 0 Å². The summed E-state index contributed by atoms with van der Waals surface area (Å²) in [5, 5.41) is 0. The number of aromatic nitrogens is 3. The predicted molar refractivity (Wildman–Crippen MR) is 121 cm³/mol. The second-order valence-corrected chi connectivity index (χ2v) is 8.88. The number of carbonyl (C=O) groups is 1. The van der Waals surface area contributed by atoms with E-state index in [9.17, 15) is 9.18 Å². The number of benzene rings is 1. The molecule has 2 aliphatic rings. The van der Waals surface area contributed by atoms with Gasteiger partial charge < -0.3 is 9.80 Å². The summed E-state index contributed by atoms with van der Waals surface area (Å²) in [7, 11) is 0. The van der Waals surface area contributed by atoms with Crippen LogP contribution in [0.2, 0.25) is 0 Å². The van der Waals surface area contributed by atoms with Gasteiger partial charge in [0.05, 0.1) is 17.3 Å². The van der Waals surface area contributed by atoms with Crippen molar-refractivity contribution in [3.05, 3.63) is 70.9 Å². The summed E-state index contributed by atoms with van der Waals surface area (Å²) in [6, 6.07) is 10.3. The van der Waals surface area contributed by atoms with Crippen molar-refractivity contribution in [2.45, 2.75) is 33.2 Å². The summed E-state index contributed by atoms with van der Waals surface area (Å²) in [5.74, 6) is 0.672. The summed E-state index contributed by atoms with van der Waals surface area (Å²) in [6.45, 7) is 8.07. The van der Waals surface area contributed by atoms with Gasteiger partial charge in [-0.15, -0.1) is 0 Å². The Morgan fingerprint density at radius 2 is 1.81 bits per heavy atom. The van der Waals surface area contributed by atoms with Gasteiger partial charge in [0.2, 0.25) is 5.95 Å². The molecule has 0 bridgehead atoms. The fourth-order valence-electron chi connectivity index (χ4n) is 4.82. The highest BCUT2D eigenvalue weighted by molar-refractivity contribution is 6.00. The number of hydrogen-bond donors (Lipinski definition) is 0. The van der Waals surface area contributed by atoms with Crippen molar-refractivity contribution in [1.82, 2.24) is 19.9 Å². The van der Waals surface area contributed by atoms with Crippen LogP contribution in [0.1, 0.15) is 33.7 Å². The molecule has 164 valence electrons. The summed E-state index contributed by atoms with van der Waals surface area (Å²) < 4.78 is 14.2. The van der Waals surface area contributed by atoms with Crippen LogP contribution in [0.4, 0.5) is 10.3 Å². The topological polar surface area (TPSA) is 62.2 Å². The first-order valence-corrected chi connectivity index (χ1v) is 11.0. The molecule has 0 aliphatic carbocycles. The molecule has 7 heteroatoms. The second-order valence-electron chi connectivity index (χ2n) is 8.88. The highest BCUT2D eigenvalue weighted by Crippen LogP contribution is 2.36. The Bertz CT molecular complexity index is 1180. The number of piperidine rings is 1. The number of anilines is 1. The summed E-state index contributed by atoms with van der Waals surface area (Å²) >= 11 is 0. The van der Waals surface area contributed by atoms with E-state index in [4.69, 9.17) is 0 Å². The molecule has 0 radical (unpaired) electrons. The zero-order valence-corrected chi connectivity index (χ0v) is 18.5. The van der Waals surface area contributed by atoms with Crippen LogP contribution in [0.5, 0.6) is 0 Å². The van der Waals surface area contributed by atoms with E-state index in [1.807, 2.05) is 43.9 Å². The highest BCUT2D eigenvalue weighted by Gasteiger charge is 2.45. The lowest BCUT2D eigenvalue weighted by Crippen LogP contribution is -2.65. The third-order valence-corrected chi connectivity index (χ3v) is 6.47. The van der Waals surface area contributed by atoms with E-state index in [0.29, 0.717) is 35.8 Å². The molecule has 6 nitrogen and oxygen atoms in total. The van der Waals surface area contributed by atoms with Gasteiger partial charge in [-0.05, 0) is 69.2 Å². The highest BCUT2D eigenvalue weighted by atomic mass is 19.1. The van der Waals surface area contributed by atoms with E-state index in [1.54, 1.807) is 12.3 Å². The minimum Gasteiger partial charge on any atom is -0.337 e. The van der Waals surface area contributed by atoms with Gasteiger partial charge in [-0.2, -0.15) is 0 Å². The predicted octanol–water partition coefficient (Wildman–Crippen LogP) is 3.95. The number of pyridine rings is 1. The van der Waals surface area contributed by atoms with Crippen LogP contribution < -0.4 is 4.90 Å². The first-order chi connectivity index (χ1) is 15.4. The third kappa shape index (κ3) is 3.72. The second kappa shape index (κ2) is 7.97. The lowest BCUT2D eigenvalue weighted by molar-refractivity contribution is 0.0589. The lowest BCUT2D eigenvalue weighted by Gasteiger charge is -2.53. The number of likely N-dealkylation sites (tertiary alicyclic amines) is 1. The summed E-state index contributed by atoms with van der Waals surface area (Å²) in [5.41, 5.74) is 4.61. The molecule has 2 aliphatic heterocycles. The number of aryl methyl sites for hydroxylation is 3. The molecule has 0 spiro atoms. The zero-order valence-electron chi connectivity index (χ0n) is 18.5. The molecule has 4 heterocycles. The number of halogens is 1. The molecule has 1 amide bonds. The van der Waals surface area contributed by atoms with Gasteiger partial charge in [-0.3, -0.25) is 9.78 Å². The quantitative estimate of drug-likeness (QED) is 0.628. The standard InChI is InChI=1S/C25H26FN5O/c1-15-6-8-27-22(10-15)20-5-4-19(26)12-21(20)24(32)30-9-7-18-13-31(23(18)14-30)25-28-16(2)11-17(3)29-25/h4-6,8,10-12,18,23H,7,9,13-14H2,1-3H3. The third-order valence-electron chi connectivity index (χ3n) is 6.47. The molecule has 32 heavy (non-hydrogen) atoms. The van der Waals surface area contributed by atoms with Gasteiger partial charge in [-0.1, -0.05) is 0 Å². The molecule has 0 saturated carbocycles. The Kier molecular flexibility index (Phi) is 5.12. The summed E-state index contributed by atoms with van der Waals surface area (Å²) in [4.78, 5) is 31.2. The van der Waals surface area contributed by atoms with Gasteiger partial charge in [-0.25, -0.2) is 14.4 Å². The van der Waals surface area contributed by atoms with Crippen molar-refractivity contribution in [2.75, 3.05) is 24.5 Å². The normalized spacial score (nSPS) is 20.0. The number of rotatable bonds is 3. The van der Waals surface area contributed by atoms with Crippen molar-refractivity contribution in [3.63, 3.8) is 0 Å². The van der Waals surface area contributed by atoms with Crippen LogP contribution >= 0.6 is 0 Å². The SMILES string of the molecule is Cc1ccnc(-c2ccc(F)cc2C(=O)N2CCC3CN(c4nc(C)cc(C)n4)C3C2)c1. The first kappa shape index (κ1) is 20.5. The number of carbonyl (C=O) groups excluding carboxylic acids is 1. The van der Waals surface area contributed by atoms with Crippen molar-refractivity contribution >= 4 is 11.9 Å². The fraction of sp³-hybridized carbons (Fsp3) is 0.360. The van der Waals surface area contributed by atoms with E-state index < -0.39 is 5.82 Å². The molecule has 1 aromatic carbocycles. The molecule has 2 unspecified atom stereocenters. The average molecular weight is 432 g/mol. The Morgan fingerprint density at radius 3 is 2.56 bits per heavy atom. The van der Waals surface area contributed by atoms with Crippen LogP contribution in [0.15, 0.2) is 42.6 Å². The first-order valence-electron chi connectivity index (χ1n) is 11.0. The van der Waals surface area contributed by atoms with Crippen LogP contribution in [-0.4, -0.2) is 51.4 Å². The van der Waals surface area contributed by atoms with Crippen LogP contribution in [0, 0.1) is 32.5 Å². The van der Waals surface area contributed by atoms with Crippen LogP contribution in [0.25, 0.3) is 11.3 Å². The zero-order chi connectivity index (χ0) is 22.4. The van der Waals surface area contributed by atoms with Crippen molar-refractivity contribution < 1.29 is 9.18 Å². The van der Waals surface area contributed by atoms with Gasteiger partial charge in [0, 0.05) is 48.7 Å². The molecular weight excluding hydrogens is 405 g/mol. The molecule has 2 saturated heterocycles. The minimum atomic E-state index is -0.423. The maximum Gasteiger partial charge on any atom is 0.254 e. The fourth-order valence-corrected chi connectivity index (χ4v) is 4.82. The van der Waals surface area contributed by atoms with Gasteiger partial charge in [0.1, 0.15) is 5.82 Å². The van der Waals surface area contributed by atoms with E-state index in [-0.39, 0.29) is 11.9 Å². The molecule has 2 atom stereocenters. The number of nitrogens with zero attached hydrogens (tertiary/aromatic N) is 5. The maximum atomic E-state index is 14.2. The van der Waals surface area contributed by atoms with E-state index in [1.165, 1.54) is 12.1 Å². The lowest BCUT2D eigenvalue weighted by atomic mass is 9.82. The molecular formula is C25H26FN5O. The van der Waals surface area contributed by atoms with Gasteiger partial charge >= 0.3 is 0 Å². The molecule has 3 aromatic rings. The monoisotopic (exact) mass is 431 g/mol. The Balaban J connectivity index is 1.42. The van der Waals surface area contributed by atoms with Crippen molar-refractivity contribution in [1.29, 1.82) is 0 Å². The van der Waals surface area contributed by atoms with Crippen LogP contribution in [0.3, 0.4) is 0 Å². The number of fused-ring (bicyclic) bond motifs is 1. The Labute approximate surface area is 187 Å². The van der Waals surface area contributed by atoms with Gasteiger partial charge in [0.25, 0.3) is 5.91 Å². The molecule has 0 N–H and O–H groups in total. The van der Waals surface area contributed by atoms with E-state index in [2.05, 4.69) is 19.9 Å². The Morgan fingerprint density at radius 1 is 1.03 bits per heavy atom. The maximum absolute atomic E-state index is 14.2. The van der Waals surface area contributed by atoms with Crippen molar-refractivity contribution in [3.8, 4) is 11.3 Å². The van der Waals surface area contributed by atoms with Crippen molar-refractivity contribution in [2.24, 2.45) is 5.92 Å². The molecule has 5 rings (SSSR count). The van der Waals surface area contributed by atoms with E-state index in [0.717, 1.165) is 35.9 Å². The largest absolute Gasteiger partial charge is 0.337 e. The smallest absolute Gasteiger partial charge is 0.254 e. The Hall–Kier alpha value is -3.35.